The molecular weight excluding hydrogens is 452 g/mol. The lowest BCUT2D eigenvalue weighted by Gasteiger charge is -2.26. The van der Waals surface area contributed by atoms with Crippen molar-refractivity contribution in [3.63, 3.8) is 0 Å². The number of carbonyl (C=O) groups is 2. The van der Waals surface area contributed by atoms with E-state index in [0.717, 1.165) is 34.5 Å². The van der Waals surface area contributed by atoms with Crippen molar-refractivity contribution >= 4 is 23.1 Å². The monoisotopic (exact) mass is 484 g/mol. The van der Waals surface area contributed by atoms with E-state index in [-0.39, 0.29) is 17.9 Å². The summed E-state index contributed by atoms with van der Waals surface area (Å²) in [5.74, 6) is -0.724. The number of hydrogen-bond donors (Lipinski definition) is 1. The van der Waals surface area contributed by atoms with Gasteiger partial charge in [-0.05, 0) is 54.3 Å². The summed E-state index contributed by atoms with van der Waals surface area (Å²) in [4.78, 5) is 30.1. The number of amides is 1. The largest absolute Gasteiger partial charge is 0.507 e. The lowest BCUT2D eigenvalue weighted by Crippen LogP contribution is -2.29. The number of rotatable bonds is 8. The van der Waals surface area contributed by atoms with Crippen molar-refractivity contribution < 1.29 is 19.4 Å². The van der Waals surface area contributed by atoms with Gasteiger partial charge in [0.25, 0.3) is 11.7 Å². The quantitative estimate of drug-likeness (QED) is 0.266. The van der Waals surface area contributed by atoms with E-state index in [4.69, 9.17) is 4.74 Å². The first kappa shape index (κ1) is 25.0. The maximum atomic E-state index is 13.3. The lowest BCUT2D eigenvalue weighted by atomic mass is 9.94. The average Bonchev–Trinajstić information content (AvgIpc) is 3.14. The van der Waals surface area contributed by atoms with Crippen LogP contribution in [0.1, 0.15) is 42.1 Å². The SMILES string of the molecule is CCOc1ccc(CN2C(=O)C(=O)/C(=C(\O)c3ccc(CC)cc3)C2c2ccc(N(C)C)cc2)cc1. The van der Waals surface area contributed by atoms with Crippen molar-refractivity contribution in [2.75, 3.05) is 25.6 Å². The standard InChI is InChI=1S/C30H32N2O4/c1-5-20-7-11-23(12-8-20)28(33)26-27(22-13-15-24(16-14-22)31(3)4)32(30(35)29(26)34)19-21-9-17-25(18-10-21)36-6-2/h7-18,27,33H,5-6,19H2,1-4H3/b28-26-. The van der Waals surface area contributed by atoms with Gasteiger partial charge in [-0.2, -0.15) is 0 Å². The number of Topliss-reactive ketones (excluding diaryl/α,β-unsaturated/α-hetero) is 1. The lowest BCUT2D eigenvalue weighted by molar-refractivity contribution is -0.140. The molecule has 1 atom stereocenters. The number of ether oxygens (including phenoxy) is 1. The van der Waals surface area contributed by atoms with Crippen LogP contribution in [0.5, 0.6) is 5.75 Å². The molecule has 1 unspecified atom stereocenters. The Labute approximate surface area is 212 Å². The van der Waals surface area contributed by atoms with Gasteiger partial charge in [0.15, 0.2) is 0 Å². The Morgan fingerprint density at radius 1 is 0.889 bits per heavy atom. The summed E-state index contributed by atoms with van der Waals surface area (Å²) in [6.45, 7) is 4.77. The van der Waals surface area contributed by atoms with Crippen LogP contribution in [-0.4, -0.2) is 42.4 Å². The molecule has 0 radical (unpaired) electrons. The molecule has 1 amide bonds. The van der Waals surface area contributed by atoms with E-state index < -0.39 is 17.7 Å². The Balaban J connectivity index is 1.79. The molecular formula is C30H32N2O4. The van der Waals surface area contributed by atoms with Gasteiger partial charge in [-0.3, -0.25) is 9.59 Å². The summed E-state index contributed by atoms with van der Waals surface area (Å²) in [6, 6.07) is 21.9. The second-order valence-electron chi connectivity index (χ2n) is 9.04. The molecule has 0 saturated carbocycles. The topological polar surface area (TPSA) is 70.1 Å². The van der Waals surface area contributed by atoms with Gasteiger partial charge in [0.1, 0.15) is 11.5 Å². The predicted octanol–water partition coefficient (Wildman–Crippen LogP) is 5.34. The summed E-state index contributed by atoms with van der Waals surface area (Å²) in [7, 11) is 3.90. The van der Waals surface area contributed by atoms with Crippen molar-refractivity contribution in [1.82, 2.24) is 4.90 Å². The molecule has 0 aliphatic carbocycles. The number of nitrogens with zero attached hydrogens (tertiary/aromatic N) is 2. The number of likely N-dealkylation sites (tertiary alicyclic amines) is 1. The minimum atomic E-state index is -0.710. The van der Waals surface area contributed by atoms with Crippen LogP contribution in [0.2, 0.25) is 0 Å². The number of aryl methyl sites for hydroxylation is 1. The maximum absolute atomic E-state index is 13.3. The van der Waals surface area contributed by atoms with Crippen LogP contribution in [0.15, 0.2) is 78.4 Å². The fourth-order valence-electron chi connectivity index (χ4n) is 4.45. The summed E-state index contributed by atoms with van der Waals surface area (Å²) in [6.07, 6.45) is 0.867. The molecule has 1 aliphatic rings. The summed E-state index contributed by atoms with van der Waals surface area (Å²) >= 11 is 0. The zero-order chi connectivity index (χ0) is 25.8. The number of benzene rings is 3. The fraction of sp³-hybridized carbons (Fsp3) is 0.267. The van der Waals surface area contributed by atoms with E-state index in [0.29, 0.717) is 12.2 Å². The third-order valence-corrected chi connectivity index (χ3v) is 6.49. The molecule has 36 heavy (non-hydrogen) atoms. The van der Waals surface area contributed by atoms with Crippen molar-refractivity contribution in [3.05, 3.63) is 101 Å². The van der Waals surface area contributed by atoms with E-state index >= 15 is 0 Å². The maximum Gasteiger partial charge on any atom is 0.295 e. The third-order valence-electron chi connectivity index (χ3n) is 6.49. The minimum absolute atomic E-state index is 0.104. The average molecular weight is 485 g/mol. The number of aliphatic hydroxyl groups is 1. The Morgan fingerprint density at radius 3 is 2.06 bits per heavy atom. The molecule has 6 heteroatoms. The second kappa shape index (κ2) is 10.7. The number of anilines is 1. The highest BCUT2D eigenvalue weighted by Crippen LogP contribution is 2.40. The van der Waals surface area contributed by atoms with Crippen LogP contribution < -0.4 is 9.64 Å². The second-order valence-corrected chi connectivity index (χ2v) is 9.04. The van der Waals surface area contributed by atoms with E-state index in [1.54, 1.807) is 12.1 Å². The number of ketones is 1. The van der Waals surface area contributed by atoms with Crippen molar-refractivity contribution in [3.8, 4) is 5.75 Å². The molecule has 0 bridgehead atoms. The first-order valence-electron chi connectivity index (χ1n) is 12.2. The van der Waals surface area contributed by atoms with Crippen LogP contribution in [0.4, 0.5) is 5.69 Å². The zero-order valence-corrected chi connectivity index (χ0v) is 21.2. The Hall–Kier alpha value is -4.06. The van der Waals surface area contributed by atoms with Crippen LogP contribution in [0.25, 0.3) is 5.76 Å². The predicted molar refractivity (Wildman–Crippen MR) is 142 cm³/mol. The zero-order valence-electron chi connectivity index (χ0n) is 21.2. The summed E-state index contributed by atoms with van der Waals surface area (Å²) in [5.41, 5.74) is 4.37. The van der Waals surface area contributed by atoms with Crippen molar-refractivity contribution in [1.29, 1.82) is 0 Å². The third kappa shape index (κ3) is 4.98. The molecule has 186 valence electrons. The van der Waals surface area contributed by atoms with Gasteiger partial charge in [-0.15, -0.1) is 0 Å². The van der Waals surface area contributed by atoms with Crippen molar-refractivity contribution in [2.45, 2.75) is 32.9 Å². The Kier molecular flexibility index (Phi) is 7.44. The highest BCUT2D eigenvalue weighted by Gasteiger charge is 2.46. The van der Waals surface area contributed by atoms with Gasteiger partial charge in [-0.1, -0.05) is 55.5 Å². The molecule has 1 aliphatic heterocycles. The van der Waals surface area contributed by atoms with E-state index in [1.165, 1.54) is 4.90 Å². The fourth-order valence-corrected chi connectivity index (χ4v) is 4.45. The molecule has 0 spiro atoms. The Morgan fingerprint density at radius 2 is 1.50 bits per heavy atom. The van der Waals surface area contributed by atoms with Crippen LogP contribution >= 0.6 is 0 Å². The minimum Gasteiger partial charge on any atom is -0.507 e. The first-order chi connectivity index (χ1) is 17.3. The highest BCUT2D eigenvalue weighted by atomic mass is 16.5. The molecule has 3 aromatic rings. The molecule has 4 rings (SSSR count). The summed E-state index contributed by atoms with van der Waals surface area (Å²) < 4.78 is 5.52. The molecule has 1 N–H and O–H groups in total. The van der Waals surface area contributed by atoms with Gasteiger partial charge < -0.3 is 19.6 Å². The molecule has 1 fully saturated rings. The van der Waals surface area contributed by atoms with Crippen LogP contribution in [-0.2, 0) is 22.6 Å². The molecule has 3 aromatic carbocycles. The molecule has 1 heterocycles. The highest BCUT2D eigenvalue weighted by molar-refractivity contribution is 6.46. The van der Waals surface area contributed by atoms with Gasteiger partial charge in [0, 0.05) is 31.9 Å². The normalized spacial score (nSPS) is 16.9. The van der Waals surface area contributed by atoms with Crippen LogP contribution in [0, 0.1) is 0 Å². The van der Waals surface area contributed by atoms with Gasteiger partial charge in [0.05, 0.1) is 18.2 Å². The Bertz CT molecular complexity index is 1260. The number of carbonyl (C=O) groups excluding carboxylic acids is 2. The first-order valence-corrected chi connectivity index (χ1v) is 12.2. The smallest absolute Gasteiger partial charge is 0.295 e. The molecule has 0 aromatic heterocycles. The van der Waals surface area contributed by atoms with E-state index in [9.17, 15) is 14.7 Å². The van der Waals surface area contributed by atoms with Gasteiger partial charge in [-0.25, -0.2) is 0 Å². The van der Waals surface area contributed by atoms with E-state index in [1.807, 2.05) is 86.6 Å². The van der Waals surface area contributed by atoms with E-state index in [2.05, 4.69) is 6.92 Å². The number of aliphatic hydroxyl groups excluding tert-OH is 1. The van der Waals surface area contributed by atoms with Gasteiger partial charge >= 0.3 is 0 Å². The molecule has 1 saturated heterocycles. The van der Waals surface area contributed by atoms with Crippen molar-refractivity contribution in [2.24, 2.45) is 0 Å². The molecule has 6 nitrogen and oxygen atoms in total. The summed E-state index contributed by atoms with van der Waals surface area (Å²) in [5, 5.41) is 11.3. The van der Waals surface area contributed by atoms with Crippen LogP contribution in [0.3, 0.4) is 0 Å². The van der Waals surface area contributed by atoms with Gasteiger partial charge in [0.2, 0.25) is 0 Å². The number of hydrogen-bond acceptors (Lipinski definition) is 5.